The van der Waals surface area contributed by atoms with Gasteiger partial charge in [0.15, 0.2) is 0 Å². The average Bonchev–Trinajstić information content (AvgIpc) is 2.13. The molecule has 0 saturated heterocycles. The maximum atomic E-state index is 3.29. The van der Waals surface area contributed by atoms with Crippen molar-refractivity contribution in [3.8, 4) is 11.5 Å². The van der Waals surface area contributed by atoms with Crippen molar-refractivity contribution in [2.75, 3.05) is 0 Å². The summed E-state index contributed by atoms with van der Waals surface area (Å²) in [4.78, 5) is 0. The molecule has 0 saturated carbocycles. The molecular formula is C13H16Si. The standard InChI is InChI=1S/C13H16Si/c1-14(2,3)12-8-7-11-13-9-5-4-6-10-13/h4-7,9-11H,1-3H3/b11-7+. The van der Waals surface area contributed by atoms with Crippen molar-refractivity contribution < 1.29 is 0 Å². The van der Waals surface area contributed by atoms with Crippen molar-refractivity contribution >= 4 is 14.1 Å². The van der Waals surface area contributed by atoms with Gasteiger partial charge in [-0.3, -0.25) is 0 Å². The van der Waals surface area contributed by atoms with Crippen molar-refractivity contribution in [3.05, 3.63) is 42.0 Å². The van der Waals surface area contributed by atoms with Crippen LogP contribution in [-0.2, 0) is 0 Å². The lowest BCUT2D eigenvalue weighted by Crippen LogP contribution is -2.16. The summed E-state index contributed by atoms with van der Waals surface area (Å²) in [5.74, 6) is 3.10. The first-order valence-corrected chi connectivity index (χ1v) is 8.32. The zero-order valence-electron chi connectivity index (χ0n) is 9.04. The Morgan fingerprint density at radius 2 is 1.71 bits per heavy atom. The first kappa shape index (κ1) is 10.8. The van der Waals surface area contributed by atoms with Gasteiger partial charge in [0.1, 0.15) is 8.07 Å². The highest BCUT2D eigenvalue weighted by molar-refractivity contribution is 6.83. The van der Waals surface area contributed by atoms with Gasteiger partial charge in [-0.25, -0.2) is 0 Å². The van der Waals surface area contributed by atoms with Gasteiger partial charge in [-0.1, -0.05) is 55.9 Å². The summed E-state index contributed by atoms with van der Waals surface area (Å²) in [6.45, 7) is 6.74. The Hall–Kier alpha value is -1.26. The summed E-state index contributed by atoms with van der Waals surface area (Å²) in [7, 11) is -1.21. The topological polar surface area (TPSA) is 0 Å². The molecule has 0 spiro atoms. The van der Waals surface area contributed by atoms with Crippen LogP contribution in [0.1, 0.15) is 5.56 Å². The molecule has 0 amide bonds. The fraction of sp³-hybridized carbons (Fsp3) is 0.231. The fourth-order valence-electron chi connectivity index (χ4n) is 0.960. The van der Waals surface area contributed by atoms with Gasteiger partial charge in [0.25, 0.3) is 0 Å². The minimum atomic E-state index is -1.21. The largest absolute Gasteiger partial charge is 0.129 e. The number of rotatable bonds is 1. The van der Waals surface area contributed by atoms with Crippen molar-refractivity contribution in [2.24, 2.45) is 0 Å². The van der Waals surface area contributed by atoms with E-state index in [1.165, 1.54) is 5.56 Å². The Kier molecular flexibility index (Phi) is 3.73. The average molecular weight is 200 g/mol. The molecule has 0 nitrogen and oxygen atoms in total. The van der Waals surface area contributed by atoms with Crippen LogP contribution in [0.3, 0.4) is 0 Å². The van der Waals surface area contributed by atoms with Gasteiger partial charge in [0.2, 0.25) is 0 Å². The molecule has 0 aliphatic heterocycles. The second-order valence-electron chi connectivity index (χ2n) is 4.26. The smallest absolute Gasteiger partial charge is 0.127 e. The SMILES string of the molecule is C[Si](C)(C)C#C/C=C/c1ccccc1. The van der Waals surface area contributed by atoms with Crippen LogP contribution in [0.5, 0.6) is 0 Å². The molecule has 1 rings (SSSR count). The quantitative estimate of drug-likeness (QED) is 0.480. The molecule has 1 heteroatoms. The Morgan fingerprint density at radius 3 is 2.29 bits per heavy atom. The fourth-order valence-corrected chi connectivity index (χ4v) is 1.48. The van der Waals surface area contributed by atoms with Crippen molar-refractivity contribution in [1.82, 2.24) is 0 Å². The molecule has 0 bridgehead atoms. The van der Waals surface area contributed by atoms with Crippen LogP contribution in [0.25, 0.3) is 6.08 Å². The third-order valence-corrected chi connectivity index (χ3v) is 2.50. The summed E-state index contributed by atoms with van der Waals surface area (Å²) in [5, 5.41) is 0. The van der Waals surface area contributed by atoms with Crippen LogP contribution < -0.4 is 0 Å². The van der Waals surface area contributed by atoms with E-state index < -0.39 is 8.07 Å². The van der Waals surface area contributed by atoms with E-state index in [0.717, 1.165) is 0 Å². The predicted octanol–water partition coefficient (Wildman–Crippen LogP) is 3.58. The molecule has 0 atom stereocenters. The highest BCUT2D eigenvalue weighted by Crippen LogP contribution is 2.00. The lowest BCUT2D eigenvalue weighted by Gasteiger charge is -2.02. The van der Waals surface area contributed by atoms with E-state index >= 15 is 0 Å². The minimum absolute atomic E-state index is 1.21. The van der Waals surface area contributed by atoms with Crippen molar-refractivity contribution in [3.63, 3.8) is 0 Å². The highest BCUT2D eigenvalue weighted by Gasteiger charge is 2.06. The maximum Gasteiger partial charge on any atom is 0.129 e. The van der Waals surface area contributed by atoms with Crippen LogP contribution >= 0.6 is 0 Å². The molecule has 14 heavy (non-hydrogen) atoms. The van der Waals surface area contributed by atoms with Gasteiger partial charge in [-0.2, -0.15) is 0 Å². The van der Waals surface area contributed by atoms with E-state index in [1.54, 1.807) is 0 Å². The first-order valence-electron chi connectivity index (χ1n) is 4.82. The summed E-state index contributed by atoms with van der Waals surface area (Å²) in [6, 6.07) is 10.2. The Bertz CT molecular complexity index is 358. The van der Waals surface area contributed by atoms with Gasteiger partial charge in [-0.15, -0.1) is 5.54 Å². The zero-order chi connectivity index (χ0) is 10.4. The summed E-state index contributed by atoms with van der Waals surface area (Å²) < 4.78 is 0. The van der Waals surface area contributed by atoms with Gasteiger partial charge >= 0.3 is 0 Å². The monoisotopic (exact) mass is 200 g/mol. The zero-order valence-corrected chi connectivity index (χ0v) is 10.0. The van der Waals surface area contributed by atoms with E-state index in [4.69, 9.17) is 0 Å². The molecule has 0 unspecified atom stereocenters. The predicted molar refractivity (Wildman–Crippen MR) is 66.6 cm³/mol. The van der Waals surface area contributed by atoms with Crippen LogP contribution in [0.2, 0.25) is 19.6 Å². The molecule has 1 aromatic rings. The summed E-state index contributed by atoms with van der Waals surface area (Å²) in [5.41, 5.74) is 4.50. The number of hydrogen-bond donors (Lipinski definition) is 0. The van der Waals surface area contributed by atoms with Gasteiger partial charge in [-0.05, 0) is 17.7 Å². The molecule has 0 radical (unpaired) electrons. The summed E-state index contributed by atoms with van der Waals surface area (Å²) in [6.07, 6.45) is 3.99. The molecule has 0 heterocycles. The number of benzene rings is 1. The second kappa shape index (κ2) is 4.83. The second-order valence-corrected chi connectivity index (χ2v) is 9.01. The lowest BCUT2D eigenvalue weighted by molar-refractivity contribution is 1.66. The normalized spacial score (nSPS) is 11.1. The van der Waals surface area contributed by atoms with E-state index in [-0.39, 0.29) is 0 Å². The van der Waals surface area contributed by atoms with Crippen molar-refractivity contribution in [1.29, 1.82) is 0 Å². The molecule has 0 aromatic heterocycles. The molecule has 1 aromatic carbocycles. The Labute approximate surface area is 87.7 Å². The van der Waals surface area contributed by atoms with Crippen LogP contribution in [-0.4, -0.2) is 8.07 Å². The van der Waals surface area contributed by atoms with Crippen LogP contribution in [0.4, 0.5) is 0 Å². The van der Waals surface area contributed by atoms with E-state index in [9.17, 15) is 0 Å². The van der Waals surface area contributed by atoms with E-state index in [1.807, 2.05) is 30.4 Å². The molecular weight excluding hydrogens is 184 g/mol. The lowest BCUT2D eigenvalue weighted by atomic mass is 10.2. The first-order chi connectivity index (χ1) is 6.58. The molecule has 0 aliphatic rings. The summed E-state index contributed by atoms with van der Waals surface area (Å²) >= 11 is 0. The minimum Gasteiger partial charge on any atom is -0.127 e. The van der Waals surface area contributed by atoms with Crippen LogP contribution in [0, 0.1) is 11.5 Å². The third-order valence-electron chi connectivity index (χ3n) is 1.61. The van der Waals surface area contributed by atoms with Crippen LogP contribution in [0.15, 0.2) is 36.4 Å². The van der Waals surface area contributed by atoms with Gasteiger partial charge in [0, 0.05) is 0 Å². The highest BCUT2D eigenvalue weighted by atomic mass is 28.3. The molecule has 0 aliphatic carbocycles. The van der Waals surface area contributed by atoms with E-state index in [2.05, 4.69) is 43.2 Å². The molecule has 0 N–H and O–H groups in total. The van der Waals surface area contributed by atoms with Crippen molar-refractivity contribution in [2.45, 2.75) is 19.6 Å². The van der Waals surface area contributed by atoms with Gasteiger partial charge < -0.3 is 0 Å². The Morgan fingerprint density at radius 1 is 1.07 bits per heavy atom. The number of allylic oxidation sites excluding steroid dienone is 1. The Balaban J connectivity index is 2.61. The maximum absolute atomic E-state index is 3.29. The van der Waals surface area contributed by atoms with E-state index in [0.29, 0.717) is 0 Å². The molecule has 0 fully saturated rings. The molecule has 72 valence electrons. The number of hydrogen-bond acceptors (Lipinski definition) is 0. The third kappa shape index (κ3) is 4.69. The van der Waals surface area contributed by atoms with Gasteiger partial charge in [0.05, 0.1) is 0 Å².